The topological polar surface area (TPSA) is 17.1 Å². The van der Waals surface area contributed by atoms with E-state index in [0.717, 1.165) is 17.4 Å². The Labute approximate surface area is 67.5 Å². The van der Waals surface area contributed by atoms with Crippen LogP contribution >= 0.6 is 0 Å². The minimum atomic E-state index is 0. The zero-order chi connectivity index (χ0) is 2.00. The first-order chi connectivity index (χ1) is 1.00. The van der Waals surface area contributed by atoms with Gasteiger partial charge in [0.05, 0.1) is 0 Å². The van der Waals surface area contributed by atoms with E-state index in [9.17, 15) is 0 Å². The van der Waals surface area contributed by atoms with Crippen molar-refractivity contribution in [3.8, 4) is 0 Å². The van der Waals surface area contributed by atoms with Crippen molar-refractivity contribution < 1.29 is 42.1 Å². The van der Waals surface area contributed by atoms with Crippen molar-refractivity contribution in [2.24, 2.45) is 0 Å². The molecular weight excluding hydrogens is 460 g/mol. The molecule has 0 N–H and O–H groups in total. The largest absolute Gasteiger partial charge is 0 e. The molecule has 0 saturated heterocycles. The maximum atomic E-state index is 8.19. The summed E-state index contributed by atoms with van der Waals surface area (Å²) in [5.41, 5.74) is 0. The van der Waals surface area contributed by atoms with Crippen molar-refractivity contribution in [1.82, 2.24) is 0 Å². The van der Waals surface area contributed by atoms with Crippen molar-refractivity contribution in [2.45, 2.75) is 0 Å². The van der Waals surface area contributed by atoms with E-state index in [1.807, 2.05) is 0 Å². The molecule has 0 atom stereocenters. The molecule has 0 saturated carbocycles. The van der Waals surface area contributed by atoms with E-state index < -0.39 is 0 Å². The summed E-state index contributed by atoms with van der Waals surface area (Å²) in [6.45, 7) is 0. The Bertz CT molecular complexity index is 8.00. The molecule has 0 aliphatic carbocycles. The molecule has 0 aromatic rings. The first-order valence-corrected chi connectivity index (χ1v) is 0.753. The van der Waals surface area contributed by atoms with Crippen LogP contribution in [-0.4, -0.2) is 26.2 Å². The van der Waals surface area contributed by atoms with Gasteiger partial charge in [-0.25, -0.2) is 0 Å². The van der Waals surface area contributed by atoms with Crippen LogP contribution in [0.15, 0.2) is 0 Å². The van der Waals surface area contributed by atoms with Crippen LogP contribution in [-0.2, 0) is 42.1 Å². The van der Waals surface area contributed by atoms with E-state index in [2.05, 4.69) is 0 Å². The van der Waals surface area contributed by atoms with Crippen LogP contribution in [0.4, 0.5) is 0 Å². The van der Waals surface area contributed by atoms with Gasteiger partial charge in [0.1, 0.15) is 0 Å². The third kappa shape index (κ3) is 9.04. The Kier molecular flexibility index (Phi) is 84.9. The van der Waals surface area contributed by atoms with Crippen LogP contribution in [0.3, 0.4) is 0 Å². The molecule has 0 radical (unpaired) electrons. The molecular formula is H3BiOVW. The van der Waals surface area contributed by atoms with Crippen LogP contribution in [0, 0.1) is 0 Å². The summed E-state index contributed by atoms with van der Waals surface area (Å²) in [5, 5.41) is 0. The Balaban J connectivity index is -0.00000000500. The summed E-state index contributed by atoms with van der Waals surface area (Å²) in [6.07, 6.45) is 0. The molecule has 0 aliphatic rings. The Morgan fingerprint density at radius 2 is 1.25 bits per heavy atom. The summed E-state index contributed by atoms with van der Waals surface area (Å²) in [5.74, 6) is 0. The van der Waals surface area contributed by atoms with Gasteiger partial charge in [-0.3, -0.25) is 0 Å². The van der Waals surface area contributed by atoms with Crippen LogP contribution in [0.5, 0.6) is 0 Å². The molecule has 0 aromatic heterocycles. The van der Waals surface area contributed by atoms with E-state index in [1.165, 1.54) is 0 Å². The molecule has 25 valence electrons. The predicted molar refractivity (Wildman–Crippen MR) is 10.6 cm³/mol. The summed E-state index contributed by atoms with van der Waals surface area (Å²) >= 11 is 1.06. The van der Waals surface area contributed by atoms with E-state index in [4.69, 9.17) is 3.67 Å². The van der Waals surface area contributed by atoms with Crippen LogP contribution in [0.2, 0.25) is 0 Å². The summed E-state index contributed by atoms with van der Waals surface area (Å²) in [7, 11) is 0. The average Bonchev–Trinajstić information content (AvgIpc) is 1.00. The van der Waals surface area contributed by atoms with Crippen molar-refractivity contribution >= 4 is 26.2 Å². The minimum absolute atomic E-state index is 0. The fraction of sp³-hybridized carbons (Fsp3) is 0. The summed E-state index contributed by atoms with van der Waals surface area (Å²) in [4.78, 5) is 0. The molecule has 0 spiro atoms. The Morgan fingerprint density at radius 3 is 1.25 bits per heavy atom. The second-order valence-corrected chi connectivity index (χ2v) is 0. The number of hydrogen-bond acceptors (Lipinski definition) is 1. The SMILES string of the molecule is [BiH3].[O]=[V].[W]. The average molecular weight is 463 g/mol. The van der Waals surface area contributed by atoms with Crippen molar-refractivity contribution in [3.63, 3.8) is 0 Å². The maximum Gasteiger partial charge on any atom is 0 e. The molecule has 0 amide bonds. The van der Waals surface area contributed by atoms with Crippen LogP contribution in [0.25, 0.3) is 0 Å². The van der Waals surface area contributed by atoms with Crippen molar-refractivity contribution in [3.05, 3.63) is 0 Å². The van der Waals surface area contributed by atoms with Crippen molar-refractivity contribution in [1.29, 1.82) is 0 Å². The zero-order valence-corrected chi connectivity index (χ0v) is 11.8. The van der Waals surface area contributed by atoms with Gasteiger partial charge in [0.2, 0.25) is 0 Å². The molecule has 0 aliphatic heterocycles. The summed E-state index contributed by atoms with van der Waals surface area (Å²) in [6, 6.07) is 0. The zero-order valence-electron chi connectivity index (χ0n) is 1.97. The van der Waals surface area contributed by atoms with Gasteiger partial charge in [-0.15, -0.1) is 0 Å². The smallest absolute Gasteiger partial charge is 0 e. The monoisotopic (exact) mass is 463 g/mol. The quantitative estimate of drug-likeness (QED) is 0.409. The first kappa shape index (κ1) is 16.7. The normalized spacial score (nSPS) is 0.750. The van der Waals surface area contributed by atoms with E-state index in [-0.39, 0.29) is 47.3 Å². The molecule has 0 bridgehead atoms. The number of hydrogen-bond donors (Lipinski definition) is 0. The van der Waals surface area contributed by atoms with Gasteiger partial charge >= 0.3 is 47.2 Å². The molecule has 0 heterocycles. The molecule has 0 fully saturated rings. The van der Waals surface area contributed by atoms with Gasteiger partial charge in [0.25, 0.3) is 0 Å². The fourth-order valence-electron chi connectivity index (χ4n) is 0. The van der Waals surface area contributed by atoms with E-state index in [0.29, 0.717) is 0 Å². The first-order valence-electron chi connectivity index (χ1n) is 0.183. The third-order valence-electron chi connectivity index (χ3n) is 0. The third-order valence-corrected chi connectivity index (χ3v) is 0. The number of rotatable bonds is 0. The van der Waals surface area contributed by atoms with Gasteiger partial charge < -0.3 is 0 Å². The van der Waals surface area contributed by atoms with E-state index in [1.54, 1.807) is 0 Å². The molecule has 1 nitrogen and oxygen atoms in total. The van der Waals surface area contributed by atoms with Crippen LogP contribution in [0.1, 0.15) is 0 Å². The maximum absolute atomic E-state index is 8.19. The molecule has 4 heavy (non-hydrogen) atoms. The van der Waals surface area contributed by atoms with Gasteiger partial charge in [-0.05, 0) is 0 Å². The van der Waals surface area contributed by atoms with E-state index >= 15 is 0 Å². The van der Waals surface area contributed by atoms with Crippen LogP contribution < -0.4 is 0 Å². The summed E-state index contributed by atoms with van der Waals surface area (Å²) < 4.78 is 8.19. The van der Waals surface area contributed by atoms with Gasteiger partial charge in [0, 0.05) is 21.1 Å². The molecule has 0 rings (SSSR count). The second kappa shape index (κ2) is 20.3. The second-order valence-electron chi connectivity index (χ2n) is 0. The Morgan fingerprint density at radius 1 is 1.25 bits per heavy atom. The van der Waals surface area contributed by atoms with Crippen molar-refractivity contribution in [2.75, 3.05) is 0 Å². The van der Waals surface area contributed by atoms with Gasteiger partial charge in [-0.2, -0.15) is 0 Å². The standard InChI is InChI=1S/Bi.O.V.W.3H. The Hall–Kier alpha value is 1.96. The minimum Gasteiger partial charge on any atom is 0 e. The predicted octanol–water partition coefficient (Wildman–Crippen LogP) is -1.31. The molecule has 0 unspecified atom stereocenters. The molecule has 4 heteroatoms. The van der Waals surface area contributed by atoms with Gasteiger partial charge in [0.15, 0.2) is 0 Å². The van der Waals surface area contributed by atoms with Gasteiger partial charge in [-0.1, -0.05) is 0 Å². The molecule has 0 aromatic carbocycles. The fourth-order valence-corrected chi connectivity index (χ4v) is 0.